The van der Waals surface area contributed by atoms with Gasteiger partial charge in [0.05, 0.1) is 6.04 Å². The van der Waals surface area contributed by atoms with Crippen LogP contribution >= 0.6 is 47.2 Å². The molecule has 128 valence electrons. The maximum atomic E-state index is 11.9. The first-order valence-electron chi connectivity index (χ1n) is 7.26. The summed E-state index contributed by atoms with van der Waals surface area (Å²) in [5.74, 6) is 0.241. The van der Waals surface area contributed by atoms with Crippen molar-refractivity contribution in [3.63, 3.8) is 0 Å². The average molecular weight is 471 g/mol. The smallest absolute Gasteiger partial charge is 0.244 e. The van der Waals surface area contributed by atoms with Gasteiger partial charge in [-0.25, -0.2) is 4.99 Å². The number of halogens is 3. The maximum Gasteiger partial charge on any atom is 0.244 e. The molecule has 3 N–H and O–H groups in total. The van der Waals surface area contributed by atoms with Gasteiger partial charge in [0.15, 0.2) is 5.96 Å². The molecule has 8 heteroatoms. The van der Waals surface area contributed by atoms with Gasteiger partial charge in [-0.2, -0.15) is 0 Å². The monoisotopic (exact) mass is 470 g/mol. The topological polar surface area (TPSA) is 70.7 Å². The van der Waals surface area contributed by atoms with Crippen molar-refractivity contribution in [3.8, 4) is 0 Å². The van der Waals surface area contributed by atoms with Crippen molar-refractivity contribution in [3.05, 3.63) is 33.8 Å². The third-order valence-corrected chi connectivity index (χ3v) is 4.20. The molecule has 1 atom stereocenters. The van der Waals surface area contributed by atoms with Crippen molar-refractivity contribution in [2.24, 2.45) is 10.7 Å². The van der Waals surface area contributed by atoms with Crippen molar-refractivity contribution in [2.75, 3.05) is 19.6 Å². The molecule has 0 bridgehead atoms. The fourth-order valence-corrected chi connectivity index (χ4v) is 2.99. The highest BCUT2D eigenvalue weighted by molar-refractivity contribution is 14.0. The third-order valence-electron chi connectivity index (χ3n) is 3.64. The summed E-state index contributed by atoms with van der Waals surface area (Å²) < 4.78 is 0. The summed E-state index contributed by atoms with van der Waals surface area (Å²) in [4.78, 5) is 17.8. The lowest BCUT2D eigenvalue weighted by atomic mass is 10.1. The molecule has 23 heavy (non-hydrogen) atoms. The fraction of sp³-hybridized carbons (Fsp3) is 0.467. The summed E-state index contributed by atoms with van der Waals surface area (Å²) in [5.41, 5.74) is 6.71. The maximum absolute atomic E-state index is 11.9. The van der Waals surface area contributed by atoms with E-state index in [2.05, 4.69) is 10.3 Å². The Morgan fingerprint density at radius 3 is 2.65 bits per heavy atom. The molecule has 1 saturated heterocycles. The number of hydrogen-bond donors (Lipinski definition) is 2. The van der Waals surface area contributed by atoms with Crippen LogP contribution in [0.4, 0.5) is 0 Å². The van der Waals surface area contributed by atoms with Gasteiger partial charge in [-0.15, -0.1) is 24.0 Å². The molecule has 0 spiro atoms. The molecule has 1 heterocycles. The SMILES string of the molecule is CC(NC(N)=NCC(=O)N1CCCC1)c1ccc(Cl)cc1Cl.I. The molecule has 0 radical (unpaired) electrons. The number of rotatable bonds is 4. The molecule has 1 unspecified atom stereocenters. The van der Waals surface area contributed by atoms with Gasteiger partial charge in [0.1, 0.15) is 6.54 Å². The number of nitrogens with two attached hydrogens (primary N) is 1. The van der Waals surface area contributed by atoms with Crippen LogP contribution in [0, 0.1) is 0 Å². The van der Waals surface area contributed by atoms with Crippen LogP contribution in [0.15, 0.2) is 23.2 Å². The van der Waals surface area contributed by atoms with E-state index in [1.54, 1.807) is 12.1 Å². The lowest BCUT2D eigenvalue weighted by molar-refractivity contribution is -0.128. The lowest BCUT2D eigenvalue weighted by Gasteiger charge is -2.17. The van der Waals surface area contributed by atoms with E-state index in [1.165, 1.54) is 0 Å². The molecular weight excluding hydrogens is 450 g/mol. The molecule has 2 rings (SSSR count). The van der Waals surface area contributed by atoms with Crippen LogP contribution in [-0.2, 0) is 4.79 Å². The summed E-state index contributed by atoms with van der Waals surface area (Å²) >= 11 is 12.0. The molecule has 0 saturated carbocycles. The number of nitrogens with one attached hydrogen (secondary N) is 1. The number of benzene rings is 1. The number of hydrogen-bond acceptors (Lipinski definition) is 2. The van der Waals surface area contributed by atoms with Gasteiger partial charge in [-0.3, -0.25) is 4.79 Å². The minimum atomic E-state index is -0.129. The normalized spacial score (nSPS) is 16.0. The van der Waals surface area contributed by atoms with Gasteiger partial charge >= 0.3 is 0 Å². The van der Waals surface area contributed by atoms with E-state index in [0.717, 1.165) is 31.5 Å². The Morgan fingerprint density at radius 1 is 1.39 bits per heavy atom. The van der Waals surface area contributed by atoms with Gasteiger partial charge in [-0.05, 0) is 37.5 Å². The Bertz CT molecular complexity index is 577. The third kappa shape index (κ3) is 6.00. The molecular formula is C15H21Cl2IN4O. The first-order chi connectivity index (χ1) is 10.5. The van der Waals surface area contributed by atoms with E-state index in [-0.39, 0.29) is 48.4 Å². The molecule has 1 aromatic rings. The van der Waals surface area contributed by atoms with Gasteiger partial charge in [0.2, 0.25) is 5.91 Å². The second kappa shape index (κ2) is 9.54. The zero-order valence-electron chi connectivity index (χ0n) is 12.9. The highest BCUT2D eigenvalue weighted by Gasteiger charge is 2.17. The van der Waals surface area contributed by atoms with Gasteiger partial charge in [0, 0.05) is 23.1 Å². The van der Waals surface area contributed by atoms with Crippen molar-refractivity contribution < 1.29 is 4.79 Å². The van der Waals surface area contributed by atoms with Crippen LogP contribution in [-0.4, -0.2) is 36.4 Å². The van der Waals surface area contributed by atoms with Crippen LogP contribution in [0.3, 0.4) is 0 Å². The molecule has 1 aliphatic heterocycles. The molecule has 1 fully saturated rings. The zero-order chi connectivity index (χ0) is 16.1. The number of likely N-dealkylation sites (tertiary alicyclic amines) is 1. The van der Waals surface area contributed by atoms with Crippen LogP contribution in [0.2, 0.25) is 10.0 Å². The van der Waals surface area contributed by atoms with Crippen molar-refractivity contribution in [1.29, 1.82) is 0 Å². The lowest BCUT2D eigenvalue weighted by Crippen LogP contribution is -2.36. The van der Waals surface area contributed by atoms with E-state index in [9.17, 15) is 4.79 Å². The summed E-state index contributed by atoms with van der Waals surface area (Å²) in [7, 11) is 0. The van der Waals surface area contributed by atoms with Gasteiger partial charge in [0.25, 0.3) is 0 Å². The minimum absolute atomic E-state index is 0. The Kier molecular flexibility index (Phi) is 8.42. The Morgan fingerprint density at radius 2 is 2.04 bits per heavy atom. The highest BCUT2D eigenvalue weighted by Crippen LogP contribution is 2.25. The average Bonchev–Trinajstić information content (AvgIpc) is 2.98. The number of carbonyl (C=O) groups is 1. The fourth-order valence-electron chi connectivity index (χ4n) is 2.42. The summed E-state index contributed by atoms with van der Waals surface area (Å²) in [6.07, 6.45) is 2.13. The number of guanidine groups is 1. The molecule has 1 aromatic carbocycles. The standard InChI is InChI=1S/C15H20Cl2N4O.HI/c1-10(12-5-4-11(16)8-13(12)17)20-15(18)19-9-14(22)21-6-2-3-7-21;/h4-5,8,10H,2-3,6-7,9H2,1H3,(H3,18,19,20);1H. The molecule has 1 amide bonds. The number of amides is 1. The Labute approximate surface area is 163 Å². The summed E-state index contributed by atoms with van der Waals surface area (Å²) in [5, 5.41) is 4.18. The predicted octanol–water partition coefficient (Wildman–Crippen LogP) is 3.20. The van der Waals surface area contributed by atoms with Gasteiger partial charge in [-0.1, -0.05) is 29.3 Å². The van der Waals surface area contributed by atoms with Crippen LogP contribution < -0.4 is 11.1 Å². The predicted molar refractivity (Wildman–Crippen MR) is 106 cm³/mol. The largest absolute Gasteiger partial charge is 0.370 e. The van der Waals surface area contributed by atoms with Crippen LogP contribution in [0.5, 0.6) is 0 Å². The van der Waals surface area contributed by atoms with E-state index >= 15 is 0 Å². The molecule has 0 aromatic heterocycles. The minimum Gasteiger partial charge on any atom is -0.370 e. The molecule has 5 nitrogen and oxygen atoms in total. The Hall–Kier alpha value is -0.730. The number of nitrogens with zero attached hydrogens (tertiary/aromatic N) is 2. The van der Waals surface area contributed by atoms with Gasteiger partial charge < -0.3 is 16.0 Å². The first-order valence-corrected chi connectivity index (χ1v) is 8.02. The zero-order valence-corrected chi connectivity index (χ0v) is 16.7. The van der Waals surface area contributed by atoms with Crippen LogP contribution in [0.25, 0.3) is 0 Å². The number of carbonyl (C=O) groups excluding carboxylic acids is 1. The van der Waals surface area contributed by atoms with E-state index in [0.29, 0.717) is 10.0 Å². The second-order valence-electron chi connectivity index (χ2n) is 5.32. The number of aliphatic imine (C=N–C) groups is 1. The van der Waals surface area contributed by atoms with Crippen molar-refractivity contribution >= 4 is 59.0 Å². The second-order valence-corrected chi connectivity index (χ2v) is 6.16. The molecule has 0 aliphatic carbocycles. The van der Waals surface area contributed by atoms with E-state index in [1.807, 2.05) is 17.9 Å². The highest BCUT2D eigenvalue weighted by atomic mass is 127. The van der Waals surface area contributed by atoms with Crippen molar-refractivity contribution in [1.82, 2.24) is 10.2 Å². The summed E-state index contributed by atoms with van der Waals surface area (Å²) in [6, 6.07) is 5.16. The summed E-state index contributed by atoms with van der Waals surface area (Å²) in [6.45, 7) is 3.62. The van der Waals surface area contributed by atoms with Crippen molar-refractivity contribution in [2.45, 2.75) is 25.8 Å². The van der Waals surface area contributed by atoms with Crippen LogP contribution in [0.1, 0.15) is 31.4 Å². The molecule has 1 aliphatic rings. The van der Waals surface area contributed by atoms with E-state index < -0.39 is 0 Å². The first kappa shape index (κ1) is 20.3. The van der Waals surface area contributed by atoms with E-state index in [4.69, 9.17) is 28.9 Å². The Balaban J connectivity index is 0.00000264. The quantitative estimate of drug-likeness (QED) is 0.403.